The quantitative estimate of drug-likeness (QED) is 0.401. The number of allylic oxidation sites excluding steroid dienone is 2. The Bertz CT molecular complexity index is 123. The van der Waals surface area contributed by atoms with Crippen LogP contribution in [0.25, 0.3) is 0 Å². The van der Waals surface area contributed by atoms with Crippen molar-refractivity contribution >= 4 is 6.72 Å². The van der Waals surface area contributed by atoms with Crippen LogP contribution in [-0.4, -0.2) is 13.3 Å². The largest absolute Gasteiger partial charge is 0.297 e. The van der Waals surface area contributed by atoms with Crippen molar-refractivity contribution < 1.29 is 0 Å². The first-order chi connectivity index (χ1) is 4.35. The lowest BCUT2D eigenvalue weighted by Crippen LogP contribution is -1.83. The highest BCUT2D eigenvalue weighted by Crippen LogP contribution is 1.99. The number of hydrogen-bond donors (Lipinski definition) is 0. The molecular formula is C8H13N. The standard InChI is InChI=1S/C8H13N/c1-4-6-8(5-2)7-9-3/h4,6H,1,3,5,7H2,2H3/b8-6+. The Morgan fingerprint density at radius 2 is 2.33 bits per heavy atom. The molecule has 0 rings (SSSR count). The summed E-state index contributed by atoms with van der Waals surface area (Å²) in [7, 11) is 0. The second kappa shape index (κ2) is 5.29. The molecule has 0 aromatic carbocycles. The minimum absolute atomic E-state index is 0.739. The van der Waals surface area contributed by atoms with Gasteiger partial charge in [-0.3, -0.25) is 4.99 Å². The fraction of sp³-hybridized carbons (Fsp3) is 0.375. The Balaban J connectivity index is 3.79. The Labute approximate surface area is 56.8 Å². The van der Waals surface area contributed by atoms with E-state index < -0.39 is 0 Å². The zero-order valence-electron chi connectivity index (χ0n) is 5.93. The van der Waals surface area contributed by atoms with E-state index in [1.807, 2.05) is 6.08 Å². The topological polar surface area (TPSA) is 12.4 Å². The van der Waals surface area contributed by atoms with E-state index in [1.165, 1.54) is 5.57 Å². The molecule has 0 heterocycles. The SMILES string of the molecule is C=C/C=C(\CC)CN=C. The molecule has 1 heteroatoms. The van der Waals surface area contributed by atoms with Crippen molar-refractivity contribution in [1.29, 1.82) is 0 Å². The van der Waals surface area contributed by atoms with Gasteiger partial charge in [-0.15, -0.1) is 0 Å². The van der Waals surface area contributed by atoms with Crippen molar-refractivity contribution in [3.63, 3.8) is 0 Å². The molecule has 0 fully saturated rings. The molecule has 50 valence electrons. The van der Waals surface area contributed by atoms with Crippen LogP contribution in [0.15, 0.2) is 29.3 Å². The molecule has 0 amide bonds. The lowest BCUT2D eigenvalue weighted by molar-refractivity contribution is 1.01. The Morgan fingerprint density at radius 3 is 2.67 bits per heavy atom. The summed E-state index contributed by atoms with van der Waals surface area (Å²) >= 11 is 0. The number of nitrogens with zero attached hydrogens (tertiary/aromatic N) is 1. The summed E-state index contributed by atoms with van der Waals surface area (Å²) in [6.07, 6.45) is 4.80. The first kappa shape index (κ1) is 8.15. The first-order valence-corrected chi connectivity index (χ1v) is 3.08. The highest BCUT2D eigenvalue weighted by Gasteiger charge is 1.86. The second-order valence-corrected chi connectivity index (χ2v) is 1.80. The van der Waals surface area contributed by atoms with Crippen molar-refractivity contribution in [2.24, 2.45) is 4.99 Å². The van der Waals surface area contributed by atoms with Crippen LogP contribution in [0.5, 0.6) is 0 Å². The minimum atomic E-state index is 0.739. The third kappa shape index (κ3) is 3.71. The maximum atomic E-state index is 3.76. The molecule has 0 radical (unpaired) electrons. The highest BCUT2D eigenvalue weighted by atomic mass is 14.7. The van der Waals surface area contributed by atoms with Crippen molar-refractivity contribution in [3.05, 3.63) is 24.3 Å². The van der Waals surface area contributed by atoms with Gasteiger partial charge in [0, 0.05) is 0 Å². The van der Waals surface area contributed by atoms with E-state index >= 15 is 0 Å². The van der Waals surface area contributed by atoms with Crippen molar-refractivity contribution in [1.82, 2.24) is 0 Å². The lowest BCUT2D eigenvalue weighted by Gasteiger charge is -1.95. The van der Waals surface area contributed by atoms with Gasteiger partial charge in [-0.1, -0.05) is 25.7 Å². The van der Waals surface area contributed by atoms with Gasteiger partial charge in [-0.25, -0.2) is 0 Å². The molecule has 0 aliphatic carbocycles. The van der Waals surface area contributed by atoms with Gasteiger partial charge in [0.15, 0.2) is 0 Å². The van der Waals surface area contributed by atoms with Crippen LogP contribution >= 0.6 is 0 Å². The summed E-state index contributed by atoms with van der Waals surface area (Å²) in [5, 5.41) is 0. The van der Waals surface area contributed by atoms with Crippen LogP contribution in [0.1, 0.15) is 13.3 Å². The molecule has 0 spiro atoms. The van der Waals surface area contributed by atoms with E-state index in [2.05, 4.69) is 25.2 Å². The van der Waals surface area contributed by atoms with E-state index in [1.54, 1.807) is 6.08 Å². The lowest BCUT2D eigenvalue weighted by atomic mass is 10.2. The Hall–Kier alpha value is -0.850. The molecule has 0 saturated carbocycles. The molecule has 0 atom stereocenters. The van der Waals surface area contributed by atoms with E-state index in [9.17, 15) is 0 Å². The summed E-state index contributed by atoms with van der Waals surface area (Å²) in [4.78, 5) is 3.76. The van der Waals surface area contributed by atoms with Crippen LogP contribution in [0.3, 0.4) is 0 Å². The third-order valence-corrected chi connectivity index (χ3v) is 1.12. The van der Waals surface area contributed by atoms with Gasteiger partial charge in [0.05, 0.1) is 6.54 Å². The summed E-state index contributed by atoms with van der Waals surface area (Å²) in [6.45, 7) is 9.83. The van der Waals surface area contributed by atoms with Crippen LogP contribution in [0.2, 0.25) is 0 Å². The van der Waals surface area contributed by atoms with E-state index in [0.29, 0.717) is 0 Å². The summed E-state index contributed by atoms with van der Waals surface area (Å²) < 4.78 is 0. The smallest absolute Gasteiger partial charge is 0.0595 e. The van der Waals surface area contributed by atoms with Gasteiger partial charge in [0.25, 0.3) is 0 Å². The molecule has 0 unspecified atom stereocenters. The van der Waals surface area contributed by atoms with Gasteiger partial charge in [0.2, 0.25) is 0 Å². The molecule has 0 saturated heterocycles. The Kier molecular flexibility index (Phi) is 4.79. The van der Waals surface area contributed by atoms with Crippen molar-refractivity contribution in [3.8, 4) is 0 Å². The third-order valence-electron chi connectivity index (χ3n) is 1.12. The summed E-state index contributed by atoms with van der Waals surface area (Å²) in [5.41, 5.74) is 1.28. The average Bonchev–Trinajstić information content (AvgIpc) is 1.88. The average molecular weight is 123 g/mol. The molecule has 9 heavy (non-hydrogen) atoms. The van der Waals surface area contributed by atoms with Gasteiger partial charge >= 0.3 is 0 Å². The molecular weight excluding hydrogens is 110 g/mol. The minimum Gasteiger partial charge on any atom is -0.297 e. The monoisotopic (exact) mass is 123 g/mol. The fourth-order valence-electron chi connectivity index (χ4n) is 0.593. The zero-order valence-corrected chi connectivity index (χ0v) is 5.93. The summed E-state index contributed by atoms with van der Waals surface area (Å²) in [6, 6.07) is 0. The molecule has 0 aromatic rings. The zero-order chi connectivity index (χ0) is 7.11. The fourth-order valence-corrected chi connectivity index (χ4v) is 0.593. The number of aliphatic imine (C=N–C) groups is 1. The van der Waals surface area contributed by atoms with E-state index in [-0.39, 0.29) is 0 Å². The highest BCUT2D eigenvalue weighted by molar-refractivity contribution is 5.25. The molecule has 0 bridgehead atoms. The van der Waals surface area contributed by atoms with Crippen LogP contribution in [-0.2, 0) is 0 Å². The second-order valence-electron chi connectivity index (χ2n) is 1.80. The number of rotatable bonds is 4. The maximum absolute atomic E-state index is 3.76. The Morgan fingerprint density at radius 1 is 1.67 bits per heavy atom. The van der Waals surface area contributed by atoms with Gasteiger partial charge in [0.1, 0.15) is 0 Å². The normalized spacial score (nSPS) is 11.0. The van der Waals surface area contributed by atoms with Crippen molar-refractivity contribution in [2.75, 3.05) is 6.54 Å². The van der Waals surface area contributed by atoms with Gasteiger partial charge < -0.3 is 0 Å². The van der Waals surface area contributed by atoms with Crippen LogP contribution in [0, 0.1) is 0 Å². The number of hydrogen-bond acceptors (Lipinski definition) is 1. The van der Waals surface area contributed by atoms with Crippen molar-refractivity contribution in [2.45, 2.75) is 13.3 Å². The molecule has 0 aliphatic heterocycles. The maximum Gasteiger partial charge on any atom is 0.0595 e. The van der Waals surface area contributed by atoms with E-state index in [0.717, 1.165) is 13.0 Å². The van der Waals surface area contributed by atoms with E-state index in [4.69, 9.17) is 0 Å². The predicted molar refractivity (Wildman–Crippen MR) is 43.0 cm³/mol. The van der Waals surface area contributed by atoms with Crippen LogP contribution in [0.4, 0.5) is 0 Å². The molecule has 1 nitrogen and oxygen atoms in total. The molecule has 0 N–H and O–H groups in total. The van der Waals surface area contributed by atoms with Crippen LogP contribution < -0.4 is 0 Å². The molecule has 0 aromatic heterocycles. The first-order valence-electron chi connectivity index (χ1n) is 3.08. The van der Waals surface area contributed by atoms with Gasteiger partial charge in [-0.05, 0) is 18.7 Å². The van der Waals surface area contributed by atoms with Gasteiger partial charge in [-0.2, -0.15) is 0 Å². The predicted octanol–water partition coefficient (Wildman–Crippen LogP) is 2.21. The molecule has 0 aliphatic rings. The summed E-state index contributed by atoms with van der Waals surface area (Å²) in [5.74, 6) is 0.